The Morgan fingerprint density at radius 3 is 1.34 bits per heavy atom. The first-order valence-electron chi connectivity index (χ1n) is 37.4. The van der Waals surface area contributed by atoms with Crippen molar-refractivity contribution in [3.05, 3.63) is 59.2 Å². The number of benzene rings is 1. The fourth-order valence-electron chi connectivity index (χ4n) is 24.5. The van der Waals surface area contributed by atoms with E-state index in [1.165, 1.54) is 25.7 Å². The number of carboxylic acid groups (broad SMARTS) is 1. The maximum absolute atomic E-state index is 14.7. The maximum atomic E-state index is 14.7. The van der Waals surface area contributed by atoms with Crippen molar-refractivity contribution in [1.29, 1.82) is 0 Å². The van der Waals surface area contributed by atoms with Gasteiger partial charge in [0.15, 0.2) is 0 Å². The summed E-state index contributed by atoms with van der Waals surface area (Å²) >= 11 is 0. The molecule has 0 amide bonds. The van der Waals surface area contributed by atoms with Crippen LogP contribution in [0.25, 0.3) is 0 Å². The standard InChI is InChI=1S/C45H70O4.C38H64O4.Na.H/c1-29(2)32(6)41(9)22-23-43(11)34-18-19-36-42(10)27-47-28-45(36,24-31(5)38(42)49-26-40(7,8)30(3)4)35(34)20-21-44(43,12)37(41)39(46)48-25-33-16-14-13-15-17-33;1-23(2)26(6)34(9)17-18-36(11)27-13-14-29-35(10)21-41-22-38(29,28(27)15-16-37(36,12)30(34)32(39)40)19-25(5)31(35)42-20-33(7,8)24(3)4;;/h13-17,20,29-32,34,36-38H,18-19,21-28H2,1-12H3;15,23-27,29-31H,13-14,16-22H2,1-12H3,(H,39,40);;/q;;+1;-1/t31-,32-,34+,36+,37-,38+,41-,42-,43-,44+,45+;25-,26-,27+,29+,30-,31+,34-,35-,36-,37+,38+;;/m11../s1. The minimum atomic E-state index is -0.577. The number of fused-ring (bicyclic) bond motifs is 6. The molecule has 8 nitrogen and oxygen atoms in total. The number of hydrogen-bond donors (Lipinski definition) is 1. The van der Waals surface area contributed by atoms with E-state index in [9.17, 15) is 14.7 Å². The van der Waals surface area contributed by atoms with E-state index in [4.69, 9.17) is 23.7 Å². The van der Waals surface area contributed by atoms with Crippen molar-refractivity contribution in [1.82, 2.24) is 0 Å². The van der Waals surface area contributed by atoms with E-state index in [2.05, 4.69) is 190 Å². The number of allylic oxidation sites excluding steroid dienone is 2. The SMILES string of the molecule is CC(C)[C@@H](C)[C@@]1(C)CC[C@]2(C)[C@H]3CC[C@@H]4[C@@]5(COC[C@@]4(C)[C@@H](OCC(C)(C)C(C)C)[C@H](C)C5)C3=CC[C@@]2(C)[C@@H]1C(=O)O.CC(C)[C@@H](C)[C@@]1(C)CC[C@]2(C)[C@H]3CC[C@@H]4[C@@]5(COC[C@@]4(C)[C@@H](OCC(C)(C)C(C)C)[C@H](C)C5)C3=CC[C@@]2(C)[C@@H]1C(=O)OCc1ccccc1.[H-].[Na+]. The first-order valence-corrected chi connectivity index (χ1v) is 37.4. The summed E-state index contributed by atoms with van der Waals surface area (Å²) in [6.07, 6.45) is 18.8. The summed E-state index contributed by atoms with van der Waals surface area (Å²) < 4.78 is 33.7. The van der Waals surface area contributed by atoms with Gasteiger partial charge in [-0.3, -0.25) is 9.59 Å². The normalized spacial score (nSPS) is 44.4. The second-order valence-corrected chi connectivity index (χ2v) is 38.6. The van der Waals surface area contributed by atoms with E-state index in [-0.39, 0.29) is 126 Å². The molecule has 1 aromatic carbocycles. The van der Waals surface area contributed by atoms with Crippen LogP contribution in [0, 0.1) is 148 Å². The van der Waals surface area contributed by atoms with Crippen LogP contribution >= 0.6 is 0 Å². The topological polar surface area (TPSA) is 101 Å². The minimum absolute atomic E-state index is 0. The van der Waals surface area contributed by atoms with Gasteiger partial charge >= 0.3 is 41.5 Å². The molecular weight excluding hydrogens is 1150 g/mol. The average Bonchev–Trinajstić information content (AvgIpc) is 0.680. The van der Waals surface area contributed by atoms with Gasteiger partial charge in [-0.1, -0.05) is 220 Å². The zero-order valence-electron chi connectivity index (χ0n) is 64.5. The number of aliphatic carboxylic acids is 1. The monoisotopic (exact) mass is 1280 g/mol. The van der Waals surface area contributed by atoms with Crippen LogP contribution in [0.3, 0.4) is 0 Å². The largest absolute Gasteiger partial charge is 1.00 e. The fraction of sp³-hybridized carbons (Fsp3) is 0.855. The Labute approximate surface area is 586 Å². The van der Waals surface area contributed by atoms with E-state index in [1.54, 1.807) is 11.1 Å². The van der Waals surface area contributed by atoms with Crippen LogP contribution in [0.1, 0.15) is 250 Å². The van der Waals surface area contributed by atoms with Gasteiger partial charge in [-0.15, -0.1) is 0 Å². The van der Waals surface area contributed by atoms with Crippen molar-refractivity contribution in [2.75, 3.05) is 39.6 Å². The second kappa shape index (κ2) is 25.9. The fourth-order valence-corrected chi connectivity index (χ4v) is 24.5. The number of carbonyl (C=O) groups excluding carboxylic acids is 1. The predicted octanol–water partition coefficient (Wildman–Crippen LogP) is 17.3. The summed E-state index contributed by atoms with van der Waals surface area (Å²) in [6.45, 7) is 62.3. The molecule has 4 bridgehead atoms. The number of carbonyl (C=O) groups is 2. The number of rotatable bonds is 16. The predicted molar refractivity (Wildman–Crippen MR) is 372 cm³/mol. The molecule has 10 aliphatic rings. The number of esters is 1. The third-order valence-electron chi connectivity index (χ3n) is 32.3. The Balaban J connectivity index is 0.000000237. The van der Waals surface area contributed by atoms with E-state index in [0.29, 0.717) is 77.6 Å². The molecule has 0 spiro atoms. The molecule has 2 aliphatic heterocycles. The van der Waals surface area contributed by atoms with Crippen molar-refractivity contribution in [3.63, 3.8) is 0 Å². The molecule has 22 atom stereocenters. The summed E-state index contributed by atoms with van der Waals surface area (Å²) in [5.41, 5.74) is 3.97. The third kappa shape index (κ3) is 11.4. The Morgan fingerprint density at radius 2 is 0.957 bits per heavy atom. The van der Waals surface area contributed by atoms with E-state index < -0.39 is 5.97 Å². The first-order chi connectivity index (χ1) is 42.2. The maximum Gasteiger partial charge on any atom is 1.00 e. The summed E-state index contributed by atoms with van der Waals surface area (Å²) in [4.78, 5) is 28.0. The van der Waals surface area contributed by atoms with E-state index >= 15 is 0 Å². The molecule has 8 fully saturated rings. The van der Waals surface area contributed by atoms with E-state index in [1.807, 2.05) is 18.2 Å². The van der Waals surface area contributed by atoms with Crippen molar-refractivity contribution in [2.24, 2.45) is 148 Å². The van der Waals surface area contributed by atoms with Gasteiger partial charge in [0.05, 0.1) is 63.7 Å². The molecule has 0 aromatic heterocycles. The summed E-state index contributed by atoms with van der Waals surface area (Å²) in [5, 5.41) is 10.9. The van der Waals surface area contributed by atoms with Gasteiger partial charge in [-0.05, 0) is 197 Å². The zero-order valence-corrected chi connectivity index (χ0v) is 65.5. The molecule has 6 saturated carbocycles. The van der Waals surface area contributed by atoms with Crippen LogP contribution in [-0.2, 0) is 39.9 Å². The van der Waals surface area contributed by atoms with Crippen LogP contribution < -0.4 is 29.6 Å². The Kier molecular flexibility index (Phi) is 21.0. The van der Waals surface area contributed by atoms with Crippen LogP contribution in [0.5, 0.6) is 0 Å². The second-order valence-electron chi connectivity index (χ2n) is 38.6. The molecule has 516 valence electrons. The molecule has 0 radical (unpaired) electrons. The molecule has 2 saturated heterocycles. The molecular formula is C83H135NaO8. The third-order valence-corrected chi connectivity index (χ3v) is 32.3. The summed E-state index contributed by atoms with van der Waals surface area (Å²) in [5.74, 6) is 4.76. The number of hydrogen-bond acceptors (Lipinski definition) is 7. The quantitative estimate of drug-likeness (QED) is 0.0993. The van der Waals surface area contributed by atoms with Crippen molar-refractivity contribution >= 4 is 11.9 Å². The zero-order chi connectivity index (χ0) is 67.0. The Morgan fingerprint density at radius 1 is 0.565 bits per heavy atom. The van der Waals surface area contributed by atoms with Crippen molar-refractivity contribution < 1.29 is 69.4 Å². The molecule has 0 unspecified atom stereocenters. The molecule has 11 rings (SSSR count). The number of ether oxygens (including phenoxy) is 5. The molecule has 1 aromatic rings. The Hall–Kier alpha value is -1.52. The Bertz CT molecular complexity index is 2880. The molecule has 9 heteroatoms. The smallest absolute Gasteiger partial charge is 1.00 e. The van der Waals surface area contributed by atoms with Crippen molar-refractivity contribution in [2.45, 2.75) is 262 Å². The molecule has 8 aliphatic carbocycles. The van der Waals surface area contributed by atoms with Gasteiger partial charge in [0, 0.05) is 21.7 Å². The van der Waals surface area contributed by atoms with Gasteiger partial charge in [0.2, 0.25) is 0 Å². The van der Waals surface area contributed by atoms with Gasteiger partial charge in [-0.2, -0.15) is 0 Å². The molecule has 1 N–H and O–H groups in total. The van der Waals surface area contributed by atoms with Gasteiger partial charge < -0.3 is 30.2 Å². The van der Waals surface area contributed by atoms with Gasteiger partial charge in [-0.25, -0.2) is 0 Å². The summed E-state index contributed by atoms with van der Waals surface area (Å²) in [6, 6.07) is 10.2. The first kappa shape index (κ1) is 74.7. The van der Waals surface area contributed by atoms with Crippen LogP contribution in [0.15, 0.2) is 53.6 Å². The molecule has 92 heavy (non-hydrogen) atoms. The number of carboxylic acids is 1. The van der Waals surface area contributed by atoms with Crippen LogP contribution in [0.2, 0.25) is 0 Å². The van der Waals surface area contributed by atoms with Crippen LogP contribution in [0.4, 0.5) is 0 Å². The summed E-state index contributed by atoms with van der Waals surface area (Å²) in [7, 11) is 0. The molecule has 2 heterocycles. The van der Waals surface area contributed by atoms with Gasteiger partial charge in [0.25, 0.3) is 0 Å². The van der Waals surface area contributed by atoms with E-state index in [0.717, 1.165) is 96.6 Å². The average molecular weight is 1280 g/mol. The van der Waals surface area contributed by atoms with Gasteiger partial charge in [0.1, 0.15) is 6.61 Å². The minimum Gasteiger partial charge on any atom is -1.00 e. The van der Waals surface area contributed by atoms with Crippen LogP contribution in [-0.4, -0.2) is 68.9 Å². The van der Waals surface area contributed by atoms with Crippen molar-refractivity contribution in [3.8, 4) is 0 Å².